The molecule has 0 saturated carbocycles. The first-order valence-electron chi connectivity index (χ1n) is 40.5. The highest BCUT2D eigenvalue weighted by Gasteiger charge is 2.32. The summed E-state index contributed by atoms with van der Waals surface area (Å²) in [5, 5.41) is 34.1. The number of hydrogen-bond acceptors (Lipinski definition) is 40. The van der Waals surface area contributed by atoms with E-state index in [-0.39, 0.29) is 148 Å². The third-order valence-electron chi connectivity index (χ3n) is 19.3. The van der Waals surface area contributed by atoms with Gasteiger partial charge in [-0.1, -0.05) is 281 Å². The van der Waals surface area contributed by atoms with E-state index in [2.05, 4.69) is 101 Å². The van der Waals surface area contributed by atoms with E-state index in [1.807, 2.05) is 44.5 Å². The molecule has 53 heteroatoms. The van der Waals surface area contributed by atoms with Gasteiger partial charge in [-0.05, 0) is 134 Å². The molecular weight excluding hydrogens is 2220 g/mol. The third-order valence-corrected chi connectivity index (χ3v) is 34.4. The van der Waals surface area contributed by atoms with Gasteiger partial charge in [0.05, 0.1) is 85.1 Å². The van der Waals surface area contributed by atoms with Crippen LogP contribution in [0, 0.1) is 30.2 Å². The predicted molar refractivity (Wildman–Crippen MR) is 578 cm³/mol. The summed E-state index contributed by atoms with van der Waals surface area (Å²) < 4.78 is 106. The van der Waals surface area contributed by atoms with Crippen molar-refractivity contribution in [2.24, 2.45) is 0 Å². The summed E-state index contributed by atoms with van der Waals surface area (Å²) in [6.45, 7) is 3.94. The molecule has 15 aromatic heterocycles. The van der Waals surface area contributed by atoms with Crippen molar-refractivity contribution in [1.29, 1.82) is 0 Å². The maximum atomic E-state index is 13.8. The lowest BCUT2D eigenvalue weighted by molar-refractivity contribution is -0.121. The minimum atomic E-state index is -3.98. The van der Waals surface area contributed by atoms with Crippen LogP contribution in [0.1, 0.15) is 113 Å². The molecule has 20 rings (SSSR count). The van der Waals surface area contributed by atoms with Gasteiger partial charge in [0, 0.05) is 37.2 Å². The number of hydrazine groups is 1. The number of aryl methyl sites for hydroxylation is 1. The first kappa shape index (κ1) is 115. The predicted octanol–water partition coefficient (Wildman–Crippen LogP) is 25.4. The molecule has 2 amide bonds. The number of carbonyl (C=O) groups excluding carboxylic acids is 3. The quantitative estimate of drug-likeness (QED) is 0.0200. The highest BCUT2D eigenvalue weighted by molar-refractivity contribution is 8.01. The summed E-state index contributed by atoms with van der Waals surface area (Å²) in [5.41, 5.74) is 12.5. The Morgan fingerprint density at radius 2 is 0.767 bits per heavy atom. The highest BCUT2D eigenvalue weighted by Crippen LogP contribution is 2.43. The number of aromatic carboxylic acids is 1. The lowest BCUT2D eigenvalue weighted by Gasteiger charge is -2.09. The minimum absolute atomic E-state index is 0. The molecule has 0 spiro atoms. The Morgan fingerprint density at radius 3 is 1.18 bits per heavy atom. The molecule has 15 heterocycles. The SMILES string of the molecule is C.C.C.C.CCOC(=O)c1cnc2sc(SC)nc2c1Cl.CSc1nc2c(=O)c(-c3nnc(Cc4ccc(F)cc4)o3)c[nH]c2s1.CSc1nc2c(Cl)c(-c3nnc(Cc4ccc(F)cc4)o3)cnc2s1.CSc1nc2c(Cl)c(C(=O)NNC(=O)Cc3ccc(F)cc3)cnc2s1.CSc1nc2c(Cl)c(C(=O)O)cnc2s1.CSc1nc2c(S(=O)(=O)c3ccc(C)cc3)c(-c3nnc(Cc4ccc(F)cc4)o3)cnc2s1. The molecule has 0 aliphatic heterocycles. The number of nitrogens with zero attached hydrogens (tertiary/aromatic N) is 17. The van der Waals surface area contributed by atoms with Crippen molar-refractivity contribution in [3.63, 3.8) is 0 Å². The fourth-order valence-corrected chi connectivity index (χ4v) is 23.8. The van der Waals surface area contributed by atoms with Crippen LogP contribution >= 0.6 is 185 Å². The number of aromatic amines is 1. The first-order chi connectivity index (χ1) is 68.4. The van der Waals surface area contributed by atoms with Crippen molar-refractivity contribution in [3.8, 4) is 34.4 Å². The third kappa shape index (κ3) is 27.7. The number of H-pyrrole nitrogens is 1. The van der Waals surface area contributed by atoms with Crippen LogP contribution in [0.4, 0.5) is 17.6 Å². The zero-order valence-electron chi connectivity index (χ0n) is 73.9. The van der Waals surface area contributed by atoms with Gasteiger partial charge >= 0.3 is 11.9 Å². The van der Waals surface area contributed by atoms with E-state index < -0.39 is 33.6 Å². The molecular formula is C93H80Cl4F4N20O12S13. The molecule has 0 bridgehead atoms. The molecule has 0 aliphatic carbocycles. The van der Waals surface area contributed by atoms with Crippen LogP contribution in [-0.4, -0.2) is 172 Å². The summed E-state index contributed by atoms with van der Waals surface area (Å²) in [4.78, 5) is 114. The maximum Gasteiger partial charge on any atom is 0.341 e. The number of pyridine rings is 6. The lowest BCUT2D eigenvalue weighted by Crippen LogP contribution is -2.42. The highest BCUT2D eigenvalue weighted by atomic mass is 35.5. The van der Waals surface area contributed by atoms with Gasteiger partial charge in [-0.15, -0.1) is 30.6 Å². The molecule has 5 aromatic carbocycles. The van der Waals surface area contributed by atoms with Crippen LogP contribution in [0.5, 0.6) is 0 Å². The van der Waals surface area contributed by atoms with E-state index in [9.17, 15) is 50.0 Å². The normalized spacial score (nSPS) is 10.9. The Labute approximate surface area is 899 Å². The largest absolute Gasteiger partial charge is 0.478 e. The number of sulfone groups is 1. The van der Waals surface area contributed by atoms with Crippen LogP contribution in [0.25, 0.3) is 96.4 Å². The number of carbonyl (C=O) groups is 4. The number of fused-ring (bicyclic) bond motifs is 6. The number of thiazole rings is 6. The second-order valence-electron chi connectivity index (χ2n) is 28.6. The molecule has 0 aliphatic rings. The molecule has 0 radical (unpaired) electrons. The Kier molecular flexibility index (Phi) is 41.1. The van der Waals surface area contributed by atoms with E-state index in [4.69, 9.17) is 69.5 Å². The summed E-state index contributed by atoms with van der Waals surface area (Å²) in [6.07, 6.45) is 21.1. The molecule has 4 N–H and O–H groups in total. The Hall–Kier alpha value is -11.6. The average Bonchev–Trinajstić information content (AvgIpc) is 1.09. The molecule has 0 saturated heterocycles. The molecule has 146 heavy (non-hydrogen) atoms. The maximum absolute atomic E-state index is 13.8. The van der Waals surface area contributed by atoms with Gasteiger partial charge < -0.3 is 28.1 Å². The van der Waals surface area contributed by atoms with E-state index in [1.165, 1.54) is 212 Å². The van der Waals surface area contributed by atoms with Gasteiger partial charge in [-0.3, -0.25) is 25.2 Å². The minimum Gasteiger partial charge on any atom is -0.478 e. The van der Waals surface area contributed by atoms with Gasteiger partial charge in [0.1, 0.15) is 95.8 Å². The molecule has 758 valence electrons. The number of esters is 1. The number of rotatable bonds is 23. The second kappa shape index (κ2) is 52.3. The number of halogens is 8. The van der Waals surface area contributed by atoms with Crippen molar-refractivity contribution in [3.05, 3.63) is 274 Å². The fraction of sp³-hybridized carbons (Fsp3) is 0.183. The van der Waals surface area contributed by atoms with Gasteiger partial charge in [0.2, 0.25) is 38.8 Å². The number of carboxylic acid groups (broad SMARTS) is 1. The number of nitrogens with one attached hydrogen (secondary N) is 3. The topological polar surface area (TPSA) is 447 Å². The number of aromatic nitrogens is 18. The Bertz CT molecular complexity index is 8230. The fourth-order valence-electron chi connectivity index (χ4n) is 12.5. The first-order valence-corrected chi connectivity index (χ1v) is 55.8. The number of benzene rings is 5. The zero-order chi connectivity index (χ0) is 101. The van der Waals surface area contributed by atoms with Crippen molar-refractivity contribution < 1.29 is 68.3 Å². The molecule has 0 unspecified atom stereocenters. The summed E-state index contributed by atoms with van der Waals surface area (Å²) in [6, 6.07) is 30.3. The van der Waals surface area contributed by atoms with E-state index in [0.717, 1.165) is 53.6 Å². The zero-order valence-corrected chi connectivity index (χ0v) is 87.6. The van der Waals surface area contributed by atoms with Gasteiger partial charge in [-0.25, -0.2) is 90.4 Å². The average molecular weight is 2300 g/mol. The molecule has 0 atom stereocenters. The summed E-state index contributed by atoms with van der Waals surface area (Å²) in [7, 11) is -3.98. The van der Waals surface area contributed by atoms with E-state index in [0.29, 0.717) is 104 Å². The van der Waals surface area contributed by atoms with Gasteiger partial charge in [0.25, 0.3) is 23.6 Å². The molecule has 0 fully saturated rings. The summed E-state index contributed by atoms with van der Waals surface area (Å²) >= 11 is 42.1. The van der Waals surface area contributed by atoms with Crippen molar-refractivity contribution in [2.45, 2.75) is 105 Å². The van der Waals surface area contributed by atoms with Crippen LogP contribution in [0.2, 0.25) is 20.1 Å². The van der Waals surface area contributed by atoms with Crippen molar-refractivity contribution in [1.82, 2.24) is 101 Å². The number of hydrogen-bond donors (Lipinski definition) is 4. The number of ether oxygens (including phenoxy) is 1. The number of amides is 2. The summed E-state index contributed by atoms with van der Waals surface area (Å²) in [5.74, 6) is -2.43. The molecule has 20 aromatic rings. The monoisotopic (exact) mass is 2300 g/mol. The van der Waals surface area contributed by atoms with Crippen LogP contribution < -0.4 is 16.3 Å². The van der Waals surface area contributed by atoms with Crippen LogP contribution in [0.3, 0.4) is 0 Å². The number of carboxylic acids is 1. The van der Waals surface area contributed by atoms with Crippen molar-refractivity contribution >= 4 is 281 Å². The van der Waals surface area contributed by atoms with E-state index >= 15 is 0 Å². The molecule has 32 nitrogen and oxygen atoms in total. The van der Waals surface area contributed by atoms with Crippen LogP contribution in [-0.2, 0) is 45.1 Å². The smallest absolute Gasteiger partial charge is 0.341 e. The van der Waals surface area contributed by atoms with Gasteiger partial charge in [0.15, 0.2) is 26.0 Å². The Morgan fingerprint density at radius 1 is 0.425 bits per heavy atom. The Balaban J connectivity index is 0.000000169. The standard InChI is InChI=1S/C23H17FN4O3S3.C16H12ClFN4O2S2.C16H10ClFN4OS2.C16H11FN4O2S2.C10H9ClN2O2S2.C8H5ClN2O2S2.4CH4/c1-13-3-9-16(10-4-13)34(29,30)20-17(12-25-22-19(20)26-23(32-2)33-22)21-28-27-18(31-21)11-14-5-7-15(24)8-6-14;1-25-16-20-13-12(17)10(7-19-15(13)26-16)14(24)22-21-11(23)6-8-2-4-9(18)5-3-8;1-24-16-20-13-12(17)10(7-19-15(13)25-16)14-22-21-11(23-14)6-8-2-4-9(18)5-3-8;1-24-16-19-12-13(22)10(7-18-15(12)25-16)14-21-20-11(23-14)6-8-2-4-9(17)5-3-8;1-3-15-9(14)5-4-12-8-7(6(5)11)13-10(16-2)17-8;1-14-8-11-5-4(9)3(7(12)13)2-10-6(5)15-8;;;;/h3-10,12H,11H2,1-2H3;2-5,7H,6H2,1H3,(H,21,23)(H,22,24);2-5,7H,6H2,1H3;2-5,7H,6H2,1H3,(H,18,22);4H,3H2,1-2H3;2H,1H3,(H,12,13);4*1H4. The van der Waals surface area contributed by atoms with Crippen molar-refractivity contribution in [2.75, 3.05) is 44.1 Å². The van der Waals surface area contributed by atoms with E-state index in [1.54, 1.807) is 91.7 Å². The lowest BCUT2D eigenvalue weighted by atomic mass is 10.1. The number of thioether (sulfide) groups is 6. The second-order valence-corrected chi connectivity index (χ2v) is 44.2. The van der Waals surface area contributed by atoms with Crippen LogP contribution in [0.15, 0.2) is 212 Å². The van der Waals surface area contributed by atoms with Gasteiger partial charge in [-0.2, -0.15) is 0 Å².